The normalized spacial score (nSPS) is 14.5. The number of ether oxygens (including phenoxy) is 3. The highest BCUT2D eigenvalue weighted by molar-refractivity contribution is 9.10. The number of carbonyl (C=O) groups is 2. The first-order chi connectivity index (χ1) is 16.9. The number of benzene rings is 3. The molecular formula is C26H21Br2NO5S. The number of rotatable bonds is 8. The molecule has 0 bridgehead atoms. The van der Waals surface area contributed by atoms with Crippen molar-refractivity contribution in [1.29, 1.82) is 0 Å². The Morgan fingerprint density at radius 2 is 1.71 bits per heavy atom. The number of hydrogen-bond donors (Lipinski definition) is 0. The van der Waals surface area contributed by atoms with Crippen molar-refractivity contribution in [2.24, 2.45) is 0 Å². The molecule has 0 radical (unpaired) electrons. The Labute approximate surface area is 224 Å². The number of nitrogens with zero attached hydrogens (tertiary/aromatic N) is 1. The van der Waals surface area contributed by atoms with Crippen LogP contribution in [0.3, 0.4) is 0 Å². The highest BCUT2D eigenvalue weighted by Crippen LogP contribution is 2.42. The van der Waals surface area contributed by atoms with E-state index in [0.29, 0.717) is 51.1 Å². The van der Waals surface area contributed by atoms with Crippen LogP contribution in [0.4, 0.5) is 10.5 Å². The number of carbonyl (C=O) groups excluding carboxylic acids is 2. The van der Waals surface area contributed by atoms with Crippen molar-refractivity contribution in [3.8, 4) is 17.2 Å². The Kier molecular flexibility index (Phi) is 8.20. The van der Waals surface area contributed by atoms with Gasteiger partial charge in [0.05, 0.1) is 28.8 Å². The summed E-state index contributed by atoms with van der Waals surface area (Å²) in [5.74, 6) is 1.14. The second-order valence-electron chi connectivity index (χ2n) is 7.37. The van der Waals surface area contributed by atoms with Gasteiger partial charge in [-0.15, -0.1) is 0 Å². The van der Waals surface area contributed by atoms with E-state index in [-0.39, 0.29) is 5.24 Å². The third-order valence-corrected chi connectivity index (χ3v) is 7.03. The fraction of sp³-hybridized carbons (Fsp3) is 0.154. The summed E-state index contributed by atoms with van der Waals surface area (Å²) in [6.07, 6.45) is 1.67. The van der Waals surface area contributed by atoms with Crippen LogP contribution < -0.4 is 19.1 Å². The second kappa shape index (κ2) is 11.3. The first kappa shape index (κ1) is 25.3. The molecule has 0 aliphatic carbocycles. The van der Waals surface area contributed by atoms with Gasteiger partial charge in [-0.05, 0) is 88.2 Å². The molecule has 0 aromatic heterocycles. The molecule has 1 saturated heterocycles. The summed E-state index contributed by atoms with van der Waals surface area (Å²) in [6, 6.07) is 18.4. The molecule has 0 saturated carbocycles. The fourth-order valence-electron chi connectivity index (χ4n) is 3.45. The van der Waals surface area contributed by atoms with E-state index in [1.54, 1.807) is 36.4 Å². The van der Waals surface area contributed by atoms with Crippen LogP contribution in [0, 0.1) is 0 Å². The van der Waals surface area contributed by atoms with Crippen LogP contribution in [0.25, 0.3) is 6.08 Å². The minimum atomic E-state index is -0.408. The molecule has 3 aromatic carbocycles. The summed E-state index contributed by atoms with van der Waals surface area (Å²) in [5.41, 5.74) is 2.12. The largest absolute Gasteiger partial charge is 0.495 e. The lowest BCUT2D eigenvalue weighted by molar-refractivity contribution is -0.113. The van der Waals surface area contributed by atoms with Crippen molar-refractivity contribution in [1.82, 2.24) is 0 Å². The van der Waals surface area contributed by atoms with Gasteiger partial charge in [-0.3, -0.25) is 9.59 Å². The lowest BCUT2D eigenvalue weighted by Crippen LogP contribution is -2.28. The molecule has 6 nitrogen and oxygen atoms in total. The maximum atomic E-state index is 13.1. The van der Waals surface area contributed by atoms with Gasteiger partial charge >= 0.3 is 0 Å². The van der Waals surface area contributed by atoms with Gasteiger partial charge in [0, 0.05) is 4.47 Å². The zero-order chi connectivity index (χ0) is 24.9. The summed E-state index contributed by atoms with van der Waals surface area (Å²) < 4.78 is 18.9. The van der Waals surface area contributed by atoms with Crippen LogP contribution in [0.15, 0.2) is 74.5 Å². The zero-order valence-corrected chi connectivity index (χ0v) is 22.9. The lowest BCUT2D eigenvalue weighted by atomic mass is 10.1. The number of hydrogen-bond acceptors (Lipinski definition) is 6. The smallest absolute Gasteiger partial charge is 0.298 e. The Balaban J connectivity index is 1.61. The highest BCUT2D eigenvalue weighted by Gasteiger charge is 2.37. The number of methoxy groups -OCH3 is 1. The predicted octanol–water partition coefficient (Wildman–Crippen LogP) is 7.44. The Bertz CT molecular complexity index is 1290. The Morgan fingerprint density at radius 3 is 2.43 bits per heavy atom. The number of amides is 2. The average molecular weight is 619 g/mol. The van der Waals surface area contributed by atoms with Crippen molar-refractivity contribution >= 4 is 66.5 Å². The molecule has 0 N–H and O–H groups in total. The average Bonchev–Trinajstić information content (AvgIpc) is 3.12. The summed E-state index contributed by atoms with van der Waals surface area (Å²) >= 11 is 7.88. The molecule has 0 spiro atoms. The van der Waals surface area contributed by atoms with Crippen molar-refractivity contribution in [2.75, 3.05) is 18.6 Å². The lowest BCUT2D eigenvalue weighted by Gasteiger charge is -2.16. The van der Waals surface area contributed by atoms with E-state index in [2.05, 4.69) is 31.9 Å². The molecule has 4 rings (SSSR count). The van der Waals surface area contributed by atoms with Crippen LogP contribution in [-0.4, -0.2) is 24.9 Å². The SMILES string of the molecule is CCOc1cc(/C=C2\SC(=O)N(c3ccccc3OC)C2=O)cc(Br)c1OCc1ccc(Br)cc1. The predicted molar refractivity (Wildman–Crippen MR) is 145 cm³/mol. The Morgan fingerprint density at radius 1 is 0.971 bits per heavy atom. The van der Waals surface area contributed by atoms with Gasteiger partial charge in [-0.25, -0.2) is 4.90 Å². The molecule has 0 unspecified atom stereocenters. The van der Waals surface area contributed by atoms with Gasteiger partial charge in [0.15, 0.2) is 11.5 Å². The minimum Gasteiger partial charge on any atom is -0.495 e. The van der Waals surface area contributed by atoms with Crippen molar-refractivity contribution in [3.05, 3.63) is 85.6 Å². The number of para-hydroxylation sites is 2. The summed E-state index contributed by atoms with van der Waals surface area (Å²) in [4.78, 5) is 27.3. The summed E-state index contributed by atoms with van der Waals surface area (Å²) in [5, 5.41) is -0.385. The molecule has 3 aromatic rings. The van der Waals surface area contributed by atoms with Crippen LogP contribution in [-0.2, 0) is 11.4 Å². The molecule has 9 heteroatoms. The Hall–Kier alpha value is -2.75. The molecule has 2 amide bonds. The van der Waals surface area contributed by atoms with Crippen LogP contribution in [0.1, 0.15) is 18.1 Å². The van der Waals surface area contributed by atoms with E-state index >= 15 is 0 Å². The molecule has 1 aliphatic heterocycles. The number of imide groups is 1. The monoisotopic (exact) mass is 617 g/mol. The maximum Gasteiger partial charge on any atom is 0.298 e. The zero-order valence-electron chi connectivity index (χ0n) is 18.9. The quantitative estimate of drug-likeness (QED) is 0.245. The molecule has 0 atom stereocenters. The first-order valence-electron chi connectivity index (χ1n) is 10.7. The third-order valence-electron chi connectivity index (χ3n) is 5.05. The van der Waals surface area contributed by atoms with E-state index in [4.69, 9.17) is 14.2 Å². The molecule has 1 heterocycles. The van der Waals surface area contributed by atoms with E-state index in [1.807, 2.05) is 37.3 Å². The van der Waals surface area contributed by atoms with Crippen molar-refractivity contribution in [2.45, 2.75) is 13.5 Å². The van der Waals surface area contributed by atoms with Crippen molar-refractivity contribution < 1.29 is 23.8 Å². The number of halogens is 2. The second-order valence-corrected chi connectivity index (χ2v) is 10.1. The molecule has 1 aliphatic rings. The standard InChI is InChI=1S/C26H21Br2NO5S/c1-3-33-22-13-17(12-19(28)24(22)34-15-16-8-10-18(27)11-9-16)14-23-25(30)29(26(31)35-23)20-6-4-5-7-21(20)32-2/h4-14H,3,15H2,1-2H3/b23-14-. The van der Waals surface area contributed by atoms with Crippen LogP contribution in [0.5, 0.6) is 17.2 Å². The van der Waals surface area contributed by atoms with E-state index in [1.165, 1.54) is 7.11 Å². The first-order valence-corrected chi connectivity index (χ1v) is 13.1. The molecule has 1 fully saturated rings. The molecular weight excluding hydrogens is 598 g/mol. The van der Waals surface area contributed by atoms with E-state index in [9.17, 15) is 9.59 Å². The number of anilines is 1. The van der Waals surface area contributed by atoms with E-state index < -0.39 is 5.91 Å². The molecule has 180 valence electrons. The maximum absolute atomic E-state index is 13.1. The van der Waals surface area contributed by atoms with Gasteiger partial charge in [-0.2, -0.15) is 0 Å². The number of thioether (sulfide) groups is 1. The van der Waals surface area contributed by atoms with Crippen LogP contribution >= 0.6 is 43.6 Å². The summed E-state index contributed by atoms with van der Waals surface area (Å²) in [7, 11) is 1.50. The summed E-state index contributed by atoms with van der Waals surface area (Å²) in [6.45, 7) is 2.69. The topological polar surface area (TPSA) is 65.1 Å². The molecule has 35 heavy (non-hydrogen) atoms. The fourth-order valence-corrected chi connectivity index (χ4v) is 5.12. The van der Waals surface area contributed by atoms with Gasteiger partial charge in [0.25, 0.3) is 11.1 Å². The van der Waals surface area contributed by atoms with Gasteiger partial charge in [-0.1, -0.05) is 40.2 Å². The van der Waals surface area contributed by atoms with Gasteiger partial charge in [0.2, 0.25) is 0 Å². The van der Waals surface area contributed by atoms with Crippen molar-refractivity contribution in [3.63, 3.8) is 0 Å². The van der Waals surface area contributed by atoms with Gasteiger partial charge in [0.1, 0.15) is 12.4 Å². The highest BCUT2D eigenvalue weighted by atomic mass is 79.9. The van der Waals surface area contributed by atoms with E-state index in [0.717, 1.165) is 26.7 Å². The van der Waals surface area contributed by atoms with Gasteiger partial charge < -0.3 is 14.2 Å². The third kappa shape index (κ3) is 5.74. The van der Waals surface area contributed by atoms with Crippen LogP contribution in [0.2, 0.25) is 0 Å². The minimum absolute atomic E-state index is 0.304.